The molecule has 0 saturated carbocycles. The van der Waals surface area contributed by atoms with Crippen LogP contribution in [-0.2, 0) is 0 Å². The molecule has 216 valence electrons. The van der Waals surface area contributed by atoms with Crippen molar-refractivity contribution in [2.45, 2.75) is 0 Å². The van der Waals surface area contributed by atoms with Crippen LogP contribution in [0.5, 0.6) is 5.75 Å². The van der Waals surface area contributed by atoms with Crippen LogP contribution in [0.3, 0.4) is 0 Å². The summed E-state index contributed by atoms with van der Waals surface area (Å²) in [6.45, 7) is 0. The molecular weight excluding hydrogens is 600 g/mol. The molecule has 0 radical (unpaired) electrons. The third-order valence-corrected chi connectivity index (χ3v) is 6.43. The average Bonchev–Trinajstić information content (AvgIpc) is 2.95. The first-order valence-corrected chi connectivity index (χ1v) is 10.5. The van der Waals surface area contributed by atoms with Gasteiger partial charge < -0.3 is 5.11 Å². The Labute approximate surface area is 217 Å². The van der Waals surface area contributed by atoms with Gasteiger partial charge in [0.25, 0.3) is 0 Å². The number of rotatable bonds is 4. The highest BCUT2D eigenvalue weighted by Crippen LogP contribution is 2.29. The van der Waals surface area contributed by atoms with E-state index in [0.29, 0.717) is 12.1 Å². The number of halogens is 15. The normalized spacial score (nSPS) is 11.9. The number of hydrogen-bond donors (Lipinski definition) is 1. The molecule has 0 aliphatic carbocycles. The fraction of sp³-hybridized carbons (Fsp3) is 0. The van der Waals surface area contributed by atoms with E-state index in [0.717, 1.165) is 6.07 Å². The smallest absolute Gasteiger partial charge is 0.200 e. The molecule has 0 amide bonds. The molecule has 0 atom stereocenters. The molecule has 0 aromatic heterocycles. The Bertz CT molecular complexity index is 1520. The van der Waals surface area contributed by atoms with E-state index in [9.17, 15) is 44.6 Å². The first kappa shape index (κ1) is 29.7. The molecule has 0 fully saturated rings. The number of phenolic OH excluding ortho intramolecular Hbond substituents is 1. The van der Waals surface area contributed by atoms with Gasteiger partial charge in [0.05, 0.1) is 5.75 Å². The molecule has 1 N–H and O–H groups in total. The minimum atomic E-state index is -5.99. The van der Waals surface area contributed by atoms with Crippen molar-refractivity contribution < 1.29 is 71.0 Å². The van der Waals surface area contributed by atoms with Crippen molar-refractivity contribution in [1.82, 2.24) is 0 Å². The van der Waals surface area contributed by atoms with Gasteiger partial charge in [0.2, 0.25) is 0 Å². The fourth-order valence-corrected chi connectivity index (χ4v) is 4.76. The molecule has 4 rings (SSSR count). The van der Waals surface area contributed by atoms with Crippen LogP contribution in [-0.4, -0.2) is 11.3 Å². The van der Waals surface area contributed by atoms with Gasteiger partial charge in [0.1, 0.15) is 41.0 Å². The summed E-state index contributed by atoms with van der Waals surface area (Å²) in [6, 6.07) is 1.92. The van der Waals surface area contributed by atoms with Crippen molar-refractivity contribution in [3.8, 4) is 5.75 Å². The molecule has 41 heavy (non-hydrogen) atoms. The summed E-state index contributed by atoms with van der Waals surface area (Å²) in [6.07, 6.45) is -5.99. The first-order valence-electron chi connectivity index (χ1n) is 10.5. The Balaban J connectivity index is 2.59. The number of benzene rings is 4. The Kier molecular flexibility index (Phi) is 7.21. The number of aromatic hydroxyl groups is 1. The molecule has 0 bridgehead atoms. The van der Waals surface area contributed by atoms with E-state index < -0.39 is 121 Å². The average molecular weight is 605 g/mol. The summed E-state index contributed by atoms with van der Waals surface area (Å²) < 4.78 is 221. The molecule has 4 aromatic rings. The zero-order valence-corrected chi connectivity index (χ0v) is 19.0. The lowest BCUT2D eigenvalue weighted by molar-refractivity contribution is 0.379. The van der Waals surface area contributed by atoms with E-state index in [2.05, 4.69) is 0 Å². The Hall–Kier alpha value is -4.31. The van der Waals surface area contributed by atoms with Crippen molar-refractivity contribution in [1.29, 1.82) is 0 Å². The third kappa shape index (κ3) is 3.84. The minimum Gasteiger partial charge on any atom is -0.511 e. The van der Waals surface area contributed by atoms with Crippen molar-refractivity contribution >= 4 is 28.0 Å². The summed E-state index contributed by atoms with van der Waals surface area (Å²) in [5, 5.41) is 10.5. The molecule has 0 heterocycles. The van der Waals surface area contributed by atoms with Crippen LogP contribution in [0.4, 0.5) is 65.9 Å². The minimum absolute atomic E-state index is 0.184. The topological polar surface area (TPSA) is 20.2 Å². The van der Waals surface area contributed by atoms with E-state index in [1.54, 1.807) is 0 Å². The summed E-state index contributed by atoms with van der Waals surface area (Å²) in [7, 11) is 0. The largest absolute Gasteiger partial charge is 0.511 e. The summed E-state index contributed by atoms with van der Waals surface area (Å²) in [5.41, 5.74) is -10.3. The molecule has 17 heteroatoms. The zero-order valence-electron chi connectivity index (χ0n) is 19.0. The molecule has 1 nitrogen and oxygen atoms in total. The maximum absolute atomic E-state index is 15.4. The van der Waals surface area contributed by atoms with Gasteiger partial charge >= 0.3 is 0 Å². The lowest BCUT2D eigenvalue weighted by atomic mass is 9.12. The maximum atomic E-state index is 15.4. The van der Waals surface area contributed by atoms with Crippen molar-refractivity contribution in [3.05, 3.63) is 112 Å². The van der Waals surface area contributed by atoms with Crippen LogP contribution < -0.4 is 21.9 Å². The van der Waals surface area contributed by atoms with Gasteiger partial charge in [-0.3, -0.25) is 0 Å². The highest BCUT2D eigenvalue weighted by Gasteiger charge is 2.49. The van der Waals surface area contributed by atoms with Crippen LogP contribution in [0.15, 0.2) is 24.3 Å². The van der Waals surface area contributed by atoms with E-state index in [4.69, 9.17) is 0 Å². The highest BCUT2D eigenvalue weighted by atomic mass is 19.2. The van der Waals surface area contributed by atoms with Gasteiger partial charge in [-0.1, -0.05) is 18.2 Å². The van der Waals surface area contributed by atoms with Crippen molar-refractivity contribution in [3.63, 3.8) is 0 Å². The van der Waals surface area contributed by atoms with Crippen LogP contribution in [0.2, 0.25) is 0 Å². The SMILES string of the molecule is Oc1ccccc1[B-](c1c(F)c(F)c(F)c(F)c1F)(c1c(F)c(F)c(F)c(F)c1F)c1c(F)c(F)c(F)c(F)c1F. The van der Waals surface area contributed by atoms with Gasteiger partial charge in [-0.05, 0) is 6.07 Å². The second-order valence-electron chi connectivity index (χ2n) is 8.38. The molecule has 0 unspecified atom stereocenters. The monoisotopic (exact) mass is 605 g/mol. The molecular formula is C24H5BF15O-. The lowest BCUT2D eigenvalue weighted by Crippen LogP contribution is -2.79. The van der Waals surface area contributed by atoms with E-state index in [1.807, 2.05) is 0 Å². The maximum Gasteiger partial charge on any atom is 0.200 e. The zero-order chi connectivity index (χ0) is 30.9. The molecule has 0 aliphatic rings. The van der Waals surface area contributed by atoms with Gasteiger partial charge in [-0.2, -0.15) is 5.46 Å². The second-order valence-corrected chi connectivity index (χ2v) is 8.38. The Morgan fingerprint density at radius 1 is 0.341 bits per heavy atom. The first-order chi connectivity index (χ1) is 19.0. The molecule has 0 aliphatic heterocycles. The van der Waals surface area contributed by atoms with E-state index >= 15 is 26.3 Å². The van der Waals surface area contributed by atoms with Crippen molar-refractivity contribution in [2.75, 3.05) is 0 Å². The van der Waals surface area contributed by atoms with Gasteiger partial charge in [-0.25, -0.2) is 65.9 Å². The van der Waals surface area contributed by atoms with Gasteiger partial charge in [0, 0.05) is 0 Å². The number of phenols is 1. The third-order valence-electron chi connectivity index (χ3n) is 6.43. The predicted molar refractivity (Wildman–Crippen MR) is 111 cm³/mol. The fourth-order valence-electron chi connectivity index (χ4n) is 4.76. The predicted octanol–water partition coefficient (Wildman–Crippen LogP) is 4.86. The molecule has 0 spiro atoms. The summed E-state index contributed by atoms with van der Waals surface area (Å²) in [4.78, 5) is 0. The van der Waals surface area contributed by atoms with Gasteiger partial charge in [0.15, 0.2) is 52.4 Å². The second kappa shape index (κ2) is 9.96. The summed E-state index contributed by atoms with van der Waals surface area (Å²) >= 11 is 0. The lowest BCUT2D eigenvalue weighted by Gasteiger charge is -2.44. The van der Waals surface area contributed by atoms with Crippen LogP contribution in [0.25, 0.3) is 0 Å². The van der Waals surface area contributed by atoms with E-state index in [-0.39, 0.29) is 6.07 Å². The van der Waals surface area contributed by atoms with Crippen LogP contribution in [0.1, 0.15) is 0 Å². The van der Waals surface area contributed by atoms with Crippen LogP contribution in [0, 0.1) is 87.3 Å². The van der Waals surface area contributed by atoms with E-state index in [1.165, 1.54) is 0 Å². The van der Waals surface area contributed by atoms with Gasteiger partial charge in [-0.15, -0.1) is 16.4 Å². The summed E-state index contributed by atoms with van der Waals surface area (Å²) in [5.74, 6) is -48.4. The number of para-hydroxylation sites is 1. The van der Waals surface area contributed by atoms with Crippen LogP contribution >= 0.6 is 0 Å². The highest BCUT2D eigenvalue weighted by molar-refractivity contribution is 7.20. The van der Waals surface area contributed by atoms with Crippen molar-refractivity contribution in [2.24, 2.45) is 0 Å². The Morgan fingerprint density at radius 2 is 0.561 bits per heavy atom. The standard InChI is InChI=1S/C24H5BF15O/c26-10-7(11(27)17(33)22(38)16(10)32)25(5-3-1-2-4-6(5)41,8-12(28)18(34)23(39)19(35)13(8)29)9-14(30)20(36)24(40)21(37)15(9)31/h1-4,41H/q-1. The quantitative estimate of drug-likeness (QED) is 0.153. The molecule has 4 aromatic carbocycles. The number of hydrogen-bond acceptors (Lipinski definition) is 1. The Morgan fingerprint density at radius 3 is 0.805 bits per heavy atom. The molecule has 0 saturated heterocycles.